The largest absolute Gasteiger partial charge is 0.339 e. The predicted molar refractivity (Wildman–Crippen MR) is 88.1 cm³/mol. The molecule has 1 aliphatic carbocycles. The van der Waals surface area contributed by atoms with Crippen LogP contribution in [-0.4, -0.2) is 38.6 Å². The number of halogens is 1. The fourth-order valence-electron chi connectivity index (χ4n) is 2.90. The standard InChI is InChI=1S/C16H22ClNO3S/c1-18(12-7-5-3-4-6-8-12)16(19)14-11-13(22(2,20)21)9-10-15(14)17/h9-12H,3-8H2,1-2H3. The molecule has 0 aliphatic heterocycles. The maximum Gasteiger partial charge on any atom is 0.255 e. The van der Waals surface area contributed by atoms with Gasteiger partial charge in [0.05, 0.1) is 15.5 Å². The van der Waals surface area contributed by atoms with Gasteiger partial charge in [-0.3, -0.25) is 4.79 Å². The van der Waals surface area contributed by atoms with Crippen molar-refractivity contribution < 1.29 is 13.2 Å². The zero-order valence-electron chi connectivity index (χ0n) is 13.0. The Labute approximate surface area is 137 Å². The van der Waals surface area contributed by atoms with E-state index in [1.165, 1.54) is 31.0 Å². The van der Waals surface area contributed by atoms with Crippen LogP contribution in [0.15, 0.2) is 23.1 Å². The first-order valence-corrected chi connectivity index (χ1v) is 9.84. The van der Waals surface area contributed by atoms with E-state index in [0.29, 0.717) is 0 Å². The number of sulfone groups is 1. The van der Waals surface area contributed by atoms with Gasteiger partial charge in [-0.2, -0.15) is 0 Å². The van der Waals surface area contributed by atoms with Gasteiger partial charge in [0.1, 0.15) is 0 Å². The summed E-state index contributed by atoms with van der Waals surface area (Å²) in [6.45, 7) is 0. The molecule has 1 amide bonds. The van der Waals surface area contributed by atoms with Gasteiger partial charge in [0.25, 0.3) is 5.91 Å². The average molecular weight is 344 g/mol. The summed E-state index contributed by atoms with van der Waals surface area (Å²) in [4.78, 5) is 14.5. The van der Waals surface area contributed by atoms with Crippen LogP contribution in [0.2, 0.25) is 5.02 Å². The zero-order valence-corrected chi connectivity index (χ0v) is 14.6. The fourth-order valence-corrected chi connectivity index (χ4v) is 3.75. The van der Waals surface area contributed by atoms with Crippen LogP contribution in [0.3, 0.4) is 0 Å². The summed E-state index contributed by atoms with van der Waals surface area (Å²) in [5.41, 5.74) is 0.260. The van der Waals surface area contributed by atoms with E-state index in [1.807, 2.05) is 0 Å². The molecule has 1 aromatic carbocycles. The van der Waals surface area contributed by atoms with Crippen LogP contribution in [-0.2, 0) is 9.84 Å². The van der Waals surface area contributed by atoms with Crippen molar-refractivity contribution in [1.29, 1.82) is 0 Å². The van der Waals surface area contributed by atoms with Crippen molar-refractivity contribution in [2.24, 2.45) is 0 Å². The Bertz CT molecular complexity index is 649. The highest BCUT2D eigenvalue weighted by molar-refractivity contribution is 7.90. The molecule has 0 atom stereocenters. The van der Waals surface area contributed by atoms with Crippen molar-refractivity contribution in [1.82, 2.24) is 4.90 Å². The third-order valence-electron chi connectivity index (χ3n) is 4.29. The van der Waals surface area contributed by atoms with E-state index in [0.717, 1.165) is 31.9 Å². The van der Waals surface area contributed by atoms with Crippen LogP contribution in [0.5, 0.6) is 0 Å². The van der Waals surface area contributed by atoms with Gasteiger partial charge in [-0.1, -0.05) is 37.3 Å². The van der Waals surface area contributed by atoms with Gasteiger partial charge in [-0.25, -0.2) is 8.42 Å². The van der Waals surface area contributed by atoms with E-state index >= 15 is 0 Å². The minimum Gasteiger partial charge on any atom is -0.339 e. The van der Waals surface area contributed by atoms with Gasteiger partial charge in [0, 0.05) is 19.3 Å². The number of hydrogen-bond acceptors (Lipinski definition) is 3. The second-order valence-corrected chi connectivity index (χ2v) is 8.40. The number of nitrogens with zero attached hydrogens (tertiary/aromatic N) is 1. The Morgan fingerprint density at radius 1 is 1.18 bits per heavy atom. The highest BCUT2D eigenvalue weighted by Crippen LogP contribution is 2.26. The zero-order chi connectivity index (χ0) is 16.3. The lowest BCUT2D eigenvalue weighted by Gasteiger charge is -2.27. The highest BCUT2D eigenvalue weighted by Gasteiger charge is 2.24. The minimum absolute atomic E-state index is 0.120. The fraction of sp³-hybridized carbons (Fsp3) is 0.562. The molecule has 0 heterocycles. The quantitative estimate of drug-likeness (QED) is 0.789. The lowest BCUT2D eigenvalue weighted by atomic mass is 10.1. The van der Waals surface area contributed by atoms with Crippen LogP contribution in [0.1, 0.15) is 48.9 Å². The second-order valence-electron chi connectivity index (χ2n) is 5.98. The molecule has 1 aliphatic rings. The maximum atomic E-state index is 12.7. The second kappa shape index (κ2) is 7.01. The van der Waals surface area contributed by atoms with E-state index < -0.39 is 9.84 Å². The molecule has 6 heteroatoms. The summed E-state index contributed by atoms with van der Waals surface area (Å²) in [6, 6.07) is 4.49. The number of hydrogen-bond donors (Lipinski definition) is 0. The molecule has 22 heavy (non-hydrogen) atoms. The number of benzene rings is 1. The van der Waals surface area contributed by atoms with Crippen molar-refractivity contribution in [2.45, 2.75) is 49.5 Å². The molecule has 0 bridgehead atoms. The van der Waals surface area contributed by atoms with Crippen molar-refractivity contribution in [3.63, 3.8) is 0 Å². The Hall–Kier alpha value is -1.07. The number of rotatable bonds is 3. The summed E-state index contributed by atoms with van der Waals surface area (Å²) >= 11 is 6.11. The third kappa shape index (κ3) is 4.02. The lowest BCUT2D eigenvalue weighted by Crippen LogP contribution is -2.37. The first kappa shape index (κ1) is 17.3. The first-order chi connectivity index (χ1) is 10.3. The van der Waals surface area contributed by atoms with Crippen molar-refractivity contribution in [3.05, 3.63) is 28.8 Å². The topological polar surface area (TPSA) is 54.5 Å². The van der Waals surface area contributed by atoms with Gasteiger partial charge in [0.15, 0.2) is 9.84 Å². The third-order valence-corrected chi connectivity index (χ3v) is 5.73. The van der Waals surface area contributed by atoms with Gasteiger partial charge in [-0.15, -0.1) is 0 Å². The monoisotopic (exact) mass is 343 g/mol. The molecular formula is C16H22ClNO3S. The van der Waals surface area contributed by atoms with E-state index in [2.05, 4.69) is 0 Å². The summed E-state index contributed by atoms with van der Waals surface area (Å²) in [7, 11) is -1.58. The molecule has 1 saturated carbocycles. The normalized spacial score (nSPS) is 17.0. The molecular weight excluding hydrogens is 322 g/mol. The smallest absolute Gasteiger partial charge is 0.255 e. The van der Waals surface area contributed by atoms with Crippen LogP contribution in [0, 0.1) is 0 Å². The molecule has 0 aromatic heterocycles. The van der Waals surface area contributed by atoms with Crippen LogP contribution in [0.25, 0.3) is 0 Å². The Morgan fingerprint density at radius 2 is 1.77 bits per heavy atom. The van der Waals surface area contributed by atoms with Gasteiger partial charge in [0.2, 0.25) is 0 Å². The van der Waals surface area contributed by atoms with E-state index in [9.17, 15) is 13.2 Å². The van der Waals surface area contributed by atoms with Crippen molar-refractivity contribution in [2.75, 3.05) is 13.3 Å². The molecule has 0 unspecified atom stereocenters. The molecule has 2 rings (SSSR count). The summed E-state index contributed by atoms with van der Waals surface area (Å²) in [6.07, 6.45) is 7.78. The van der Waals surface area contributed by atoms with Crippen LogP contribution >= 0.6 is 11.6 Å². The summed E-state index contributed by atoms with van der Waals surface area (Å²) < 4.78 is 23.3. The van der Waals surface area contributed by atoms with Crippen molar-refractivity contribution in [3.8, 4) is 0 Å². The highest BCUT2D eigenvalue weighted by atomic mass is 35.5. The Morgan fingerprint density at radius 3 is 2.32 bits per heavy atom. The molecule has 4 nitrogen and oxygen atoms in total. The summed E-state index contributed by atoms with van der Waals surface area (Å²) in [5.74, 6) is -0.206. The molecule has 0 saturated heterocycles. The Kier molecular flexibility index (Phi) is 5.50. The SMILES string of the molecule is CN(C(=O)c1cc(S(C)(=O)=O)ccc1Cl)C1CCCCCC1. The van der Waals surface area contributed by atoms with Crippen molar-refractivity contribution >= 4 is 27.3 Å². The maximum absolute atomic E-state index is 12.7. The lowest BCUT2D eigenvalue weighted by molar-refractivity contribution is 0.0717. The van der Waals surface area contributed by atoms with Crippen LogP contribution in [0.4, 0.5) is 0 Å². The molecule has 122 valence electrons. The molecule has 1 fully saturated rings. The number of carbonyl (C=O) groups excluding carboxylic acids is 1. The summed E-state index contributed by atoms with van der Waals surface area (Å²) in [5, 5.41) is 0.290. The van der Waals surface area contributed by atoms with Gasteiger partial charge >= 0.3 is 0 Å². The van der Waals surface area contributed by atoms with Crippen LogP contribution < -0.4 is 0 Å². The number of carbonyl (C=O) groups is 1. The Balaban J connectivity index is 2.28. The molecule has 0 radical (unpaired) electrons. The molecule has 0 N–H and O–H groups in total. The van der Waals surface area contributed by atoms with Gasteiger partial charge < -0.3 is 4.90 Å². The molecule has 0 spiro atoms. The van der Waals surface area contributed by atoms with E-state index in [-0.39, 0.29) is 27.4 Å². The van der Waals surface area contributed by atoms with Gasteiger partial charge in [-0.05, 0) is 31.0 Å². The predicted octanol–water partition coefficient (Wildman–Crippen LogP) is 3.54. The van der Waals surface area contributed by atoms with E-state index in [1.54, 1.807) is 11.9 Å². The van der Waals surface area contributed by atoms with E-state index in [4.69, 9.17) is 11.6 Å². The number of amides is 1. The molecule has 1 aromatic rings. The average Bonchev–Trinajstić information content (AvgIpc) is 2.74. The first-order valence-electron chi connectivity index (χ1n) is 7.57. The minimum atomic E-state index is -3.36.